The molecule has 1 aliphatic heterocycles. The van der Waals surface area contributed by atoms with Gasteiger partial charge in [-0.25, -0.2) is 4.98 Å². The Balaban J connectivity index is 1.85. The molecule has 0 saturated carbocycles. The quantitative estimate of drug-likeness (QED) is 0.865. The number of hydrogen-bond acceptors (Lipinski definition) is 5. The Kier molecular flexibility index (Phi) is 3.70. The predicted octanol–water partition coefficient (Wildman–Crippen LogP) is 1.30. The van der Waals surface area contributed by atoms with Crippen LogP contribution in [0.5, 0.6) is 0 Å². The fourth-order valence-corrected chi connectivity index (χ4v) is 2.77. The summed E-state index contributed by atoms with van der Waals surface area (Å²) in [4.78, 5) is 17.4. The zero-order valence-electron chi connectivity index (χ0n) is 10.9. The lowest BCUT2D eigenvalue weighted by Gasteiger charge is -2.48. The number of nitrogens with one attached hydrogen (secondary N) is 1. The van der Waals surface area contributed by atoms with Crippen LogP contribution >= 0.6 is 11.3 Å². The van der Waals surface area contributed by atoms with Gasteiger partial charge in [0.25, 0.3) is 0 Å². The Morgan fingerprint density at radius 1 is 1.67 bits per heavy atom. The zero-order valence-corrected chi connectivity index (χ0v) is 11.8. The third kappa shape index (κ3) is 2.88. The van der Waals surface area contributed by atoms with Crippen molar-refractivity contribution in [2.24, 2.45) is 5.92 Å². The van der Waals surface area contributed by atoms with Crippen LogP contribution in [-0.2, 0) is 11.3 Å². The van der Waals surface area contributed by atoms with Gasteiger partial charge in [-0.05, 0) is 5.92 Å². The minimum Gasteiger partial charge on any atom is -0.387 e. The van der Waals surface area contributed by atoms with Crippen molar-refractivity contribution in [2.75, 3.05) is 18.4 Å². The number of carbonyl (C=O) groups excluding carboxylic acids is 1. The van der Waals surface area contributed by atoms with E-state index in [4.69, 9.17) is 0 Å². The molecule has 0 aromatic carbocycles. The topological polar surface area (TPSA) is 65.5 Å². The maximum Gasteiger partial charge on any atom is 0.223 e. The molecule has 0 aliphatic carbocycles. The van der Waals surface area contributed by atoms with Gasteiger partial charge in [-0.1, -0.05) is 13.8 Å². The Morgan fingerprint density at radius 2 is 2.33 bits per heavy atom. The SMILES string of the molecule is CC(=O)Nc1nc(CN2CC(O)(C(C)C)C2)cs1. The van der Waals surface area contributed by atoms with Gasteiger partial charge >= 0.3 is 0 Å². The number of likely N-dealkylation sites (tertiary alicyclic amines) is 1. The van der Waals surface area contributed by atoms with Gasteiger partial charge in [0, 0.05) is 31.9 Å². The van der Waals surface area contributed by atoms with E-state index in [0.717, 1.165) is 12.2 Å². The molecule has 1 aromatic rings. The number of nitrogens with zero attached hydrogens (tertiary/aromatic N) is 2. The van der Waals surface area contributed by atoms with Gasteiger partial charge < -0.3 is 10.4 Å². The highest BCUT2D eigenvalue weighted by Crippen LogP contribution is 2.30. The maximum absolute atomic E-state index is 10.9. The van der Waals surface area contributed by atoms with Crippen LogP contribution in [0.15, 0.2) is 5.38 Å². The van der Waals surface area contributed by atoms with Gasteiger partial charge in [0.15, 0.2) is 5.13 Å². The lowest BCUT2D eigenvalue weighted by Crippen LogP contribution is -2.63. The minimum atomic E-state index is -0.545. The number of amides is 1. The number of hydrogen-bond donors (Lipinski definition) is 2. The number of anilines is 1. The van der Waals surface area contributed by atoms with Gasteiger partial charge in [0.05, 0.1) is 11.3 Å². The van der Waals surface area contributed by atoms with Crippen LogP contribution < -0.4 is 5.32 Å². The third-order valence-corrected chi connectivity index (χ3v) is 4.10. The summed E-state index contributed by atoms with van der Waals surface area (Å²) in [5, 5.41) is 15.4. The van der Waals surface area contributed by atoms with Crippen molar-refractivity contribution >= 4 is 22.4 Å². The van der Waals surface area contributed by atoms with Crippen molar-refractivity contribution in [3.05, 3.63) is 11.1 Å². The molecule has 2 rings (SSSR count). The molecular weight excluding hydrogens is 250 g/mol. The molecule has 0 unspecified atom stereocenters. The highest BCUT2D eigenvalue weighted by atomic mass is 32.1. The molecule has 0 radical (unpaired) electrons. The molecule has 1 aliphatic rings. The number of thiazole rings is 1. The molecular formula is C12H19N3O2S. The summed E-state index contributed by atoms with van der Waals surface area (Å²) in [6, 6.07) is 0. The zero-order chi connectivity index (χ0) is 13.3. The Labute approximate surface area is 111 Å². The molecule has 1 fully saturated rings. The van der Waals surface area contributed by atoms with Crippen molar-refractivity contribution in [1.29, 1.82) is 0 Å². The second-order valence-corrected chi connectivity index (χ2v) is 6.09. The number of rotatable bonds is 4. The number of carbonyl (C=O) groups is 1. The van der Waals surface area contributed by atoms with Crippen molar-refractivity contribution < 1.29 is 9.90 Å². The second kappa shape index (κ2) is 4.95. The second-order valence-electron chi connectivity index (χ2n) is 5.23. The van der Waals surface area contributed by atoms with Gasteiger partial charge in [0.1, 0.15) is 0 Å². The van der Waals surface area contributed by atoms with Crippen molar-refractivity contribution in [3.8, 4) is 0 Å². The van der Waals surface area contributed by atoms with Crippen LogP contribution in [0.1, 0.15) is 26.5 Å². The molecule has 1 aromatic heterocycles. The first-order valence-corrected chi connectivity index (χ1v) is 6.94. The van der Waals surface area contributed by atoms with Crippen molar-refractivity contribution in [2.45, 2.75) is 32.9 Å². The van der Waals surface area contributed by atoms with Crippen molar-refractivity contribution in [1.82, 2.24) is 9.88 Å². The molecule has 18 heavy (non-hydrogen) atoms. The van der Waals surface area contributed by atoms with E-state index in [-0.39, 0.29) is 11.8 Å². The maximum atomic E-state index is 10.9. The normalized spacial score (nSPS) is 18.7. The molecule has 0 bridgehead atoms. The van der Waals surface area contributed by atoms with E-state index < -0.39 is 5.60 Å². The predicted molar refractivity (Wildman–Crippen MR) is 71.5 cm³/mol. The largest absolute Gasteiger partial charge is 0.387 e. The first kappa shape index (κ1) is 13.5. The summed E-state index contributed by atoms with van der Waals surface area (Å²) < 4.78 is 0. The summed E-state index contributed by atoms with van der Waals surface area (Å²) in [6.45, 7) is 7.66. The van der Waals surface area contributed by atoms with Crippen LogP contribution in [0.25, 0.3) is 0 Å². The van der Waals surface area contributed by atoms with Crippen LogP contribution in [-0.4, -0.2) is 39.6 Å². The van der Waals surface area contributed by atoms with E-state index in [1.807, 2.05) is 19.2 Å². The van der Waals surface area contributed by atoms with Crippen LogP contribution in [0.2, 0.25) is 0 Å². The lowest BCUT2D eigenvalue weighted by molar-refractivity contribution is -0.131. The smallest absolute Gasteiger partial charge is 0.223 e. The average Bonchev–Trinajstić information content (AvgIpc) is 2.61. The summed E-state index contributed by atoms with van der Waals surface area (Å²) in [7, 11) is 0. The number of aliphatic hydroxyl groups is 1. The molecule has 1 amide bonds. The van der Waals surface area contributed by atoms with Gasteiger partial charge in [-0.15, -0.1) is 11.3 Å². The number of aromatic nitrogens is 1. The molecule has 6 heteroatoms. The van der Waals surface area contributed by atoms with E-state index in [9.17, 15) is 9.90 Å². The highest BCUT2D eigenvalue weighted by molar-refractivity contribution is 7.13. The van der Waals surface area contributed by atoms with E-state index in [0.29, 0.717) is 18.2 Å². The molecule has 2 N–H and O–H groups in total. The monoisotopic (exact) mass is 269 g/mol. The summed E-state index contributed by atoms with van der Waals surface area (Å²) in [5.41, 5.74) is 0.394. The van der Waals surface area contributed by atoms with Crippen molar-refractivity contribution in [3.63, 3.8) is 0 Å². The standard InChI is InChI=1S/C12H19N3O2S/c1-8(2)12(17)6-15(7-12)4-10-5-18-11(14-10)13-9(3)16/h5,8,17H,4,6-7H2,1-3H3,(H,13,14,16). The molecule has 1 saturated heterocycles. The van der Waals surface area contributed by atoms with E-state index in [2.05, 4.69) is 15.2 Å². The Bertz CT molecular complexity index is 438. The minimum absolute atomic E-state index is 0.103. The fourth-order valence-electron chi connectivity index (χ4n) is 2.02. The van der Waals surface area contributed by atoms with Crippen LogP contribution in [0.4, 0.5) is 5.13 Å². The first-order chi connectivity index (χ1) is 8.39. The van der Waals surface area contributed by atoms with Crippen LogP contribution in [0, 0.1) is 5.92 Å². The van der Waals surface area contributed by atoms with Gasteiger partial charge in [-0.3, -0.25) is 9.69 Å². The first-order valence-electron chi connectivity index (χ1n) is 6.06. The third-order valence-electron chi connectivity index (χ3n) is 3.29. The average molecular weight is 269 g/mol. The molecule has 0 atom stereocenters. The summed E-state index contributed by atoms with van der Waals surface area (Å²) in [5.74, 6) is 0.174. The Morgan fingerprint density at radius 3 is 2.89 bits per heavy atom. The lowest BCUT2D eigenvalue weighted by atomic mass is 9.83. The molecule has 0 spiro atoms. The molecule has 100 valence electrons. The van der Waals surface area contributed by atoms with Gasteiger partial charge in [-0.2, -0.15) is 0 Å². The van der Waals surface area contributed by atoms with E-state index in [1.165, 1.54) is 18.3 Å². The van der Waals surface area contributed by atoms with E-state index in [1.54, 1.807) is 0 Å². The van der Waals surface area contributed by atoms with Crippen LogP contribution in [0.3, 0.4) is 0 Å². The van der Waals surface area contributed by atoms with E-state index >= 15 is 0 Å². The summed E-state index contributed by atoms with van der Waals surface area (Å²) in [6.07, 6.45) is 0. The Hall–Kier alpha value is -0.980. The fraction of sp³-hybridized carbons (Fsp3) is 0.667. The number of β-amino-alcohol motifs (C(OH)–C–C–N with tert-alkyl or cyclic N) is 1. The molecule has 5 nitrogen and oxygen atoms in total. The summed E-state index contributed by atoms with van der Waals surface area (Å²) >= 11 is 1.43. The van der Waals surface area contributed by atoms with Gasteiger partial charge in [0.2, 0.25) is 5.91 Å². The highest BCUT2D eigenvalue weighted by Gasteiger charge is 2.43. The molecule has 2 heterocycles.